The fourth-order valence-corrected chi connectivity index (χ4v) is 3.52. The second-order valence-corrected chi connectivity index (χ2v) is 6.57. The van der Waals surface area contributed by atoms with Gasteiger partial charge in [-0.05, 0) is 48.8 Å². The Bertz CT molecular complexity index is 375. The van der Waals surface area contributed by atoms with E-state index in [0.29, 0.717) is 10.2 Å². The predicted molar refractivity (Wildman–Crippen MR) is 70.1 cm³/mol. The molecule has 0 aliphatic heterocycles. The van der Waals surface area contributed by atoms with Gasteiger partial charge in [-0.15, -0.1) is 0 Å². The summed E-state index contributed by atoms with van der Waals surface area (Å²) < 4.78 is 0. The first-order valence-electron chi connectivity index (χ1n) is 5.42. The Morgan fingerprint density at radius 2 is 2.20 bits per heavy atom. The van der Waals surface area contributed by atoms with Crippen molar-refractivity contribution in [2.24, 2.45) is 0 Å². The van der Waals surface area contributed by atoms with Crippen LogP contribution in [0.1, 0.15) is 37.3 Å². The van der Waals surface area contributed by atoms with Crippen LogP contribution in [-0.4, -0.2) is 4.83 Å². The summed E-state index contributed by atoms with van der Waals surface area (Å²) in [5, 5.41) is 0.895. The van der Waals surface area contributed by atoms with E-state index in [9.17, 15) is 0 Å². The van der Waals surface area contributed by atoms with Crippen LogP contribution in [0.4, 0.5) is 0 Å². The first-order valence-corrected chi connectivity index (χ1v) is 6.71. The molecule has 1 saturated carbocycles. The van der Waals surface area contributed by atoms with Crippen molar-refractivity contribution in [2.45, 2.75) is 43.4 Å². The molecule has 1 fully saturated rings. The van der Waals surface area contributed by atoms with Gasteiger partial charge in [-0.3, -0.25) is 0 Å². The maximum atomic E-state index is 6.18. The van der Waals surface area contributed by atoms with Crippen LogP contribution >= 0.6 is 27.5 Å². The lowest BCUT2D eigenvalue weighted by Crippen LogP contribution is -2.17. The molecule has 2 unspecified atom stereocenters. The van der Waals surface area contributed by atoms with Gasteiger partial charge >= 0.3 is 0 Å². The molecule has 2 atom stereocenters. The Morgan fingerprint density at radius 1 is 1.47 bits per heavy atom. The highest BCUT2D eigenvalue weighted by Crippen LogP contribution is 2.44. The molecule has 1 aliphatic carbocycles. The van der Waals surface area contributed by atoms with E-state index in [4.69, 9.17) is 11.6 Å². The molecule has 0 heterocycles. The Hall–Kier alpha value is -0.0100. The van der Waals surface area contributed by atoms with Crippen LogP contribution in [-0.2, 0) is 5.41 Å². The topological polar surface area (TPSA) is 0 Å². The van der Waals surface area contributed by atoms with Crippen LogP contribution in [0, 0.1) is 6.92 Å². The Balaban J connectivity index is 2.33. The first kappa shape index (κ1) is 11.5. The zero-order valence-electron chi connectivity index (χ0n) is 9.19. The summed E-state index contributed by atoms with van der Waals surface area (Å²) in [7, 11) is 0. The molecule has 0 spiro atoms. The second kappa shape index (κ2) is 4.10. The molecule has 15 heavy (non-hydrogen) atoms. The lowest BCUT2D eigenvalue weighted by molar-refractivity contribution is 0.493. The second-order valence-electron chi connectivity index (χ2n) is 4.86. The molecule has 2 heteroatoms. The summed E-state index contributed by atoms with van der Waals surface area (Å²) >= 11 is 9.89. The molecular weight excluding hydrogens is 271 g/mol. The number of aryl methyl sites for hydroxylation is 1. The van der Waals surface area contributed by atoms with Crippen molar-refractivity contribution < 1.29 is 0 Å². The number of alkyl halides is 1. The molecule has 0 aromatic heterocycles. The number of hydrogen-bond donors (Lipinski definition) is 0. The highest BCUT2D eigenvalue weighted by molar-refractivity contribution is 9.09. The fourth-order valence-electron chi connectivity index (χ4n) is 2.40. The predicted octanol–water partition coefficient (Wildman–Crippen LogP) is 4.85. The van der Waals surface area contributed by atoms with Gasteiger partial charge in [0.05, 0.1) is 0 Å². The van der Waals surface area contributed by atoms with Gasteiger partial charge in [0.25, 0.3) is 0 Å². The smallest absolute Gasteiger partial charge is 0.0438 e. The average Bonchev–Trinajstić information content (AvgIpc) is 2.52. The van der Waals surface area contributed by atoms with E-state index in [2.05, 4.69) is 48.0 Å². The number of halogens is 2. The molecule has 82 valence electrons. The third kappa shape index (κ3) is 2.24. The minimum atomic E-state index is 0.311. The van der Waals surface area contributed by atoms with Crippen molar-refractivity contribution >= 4 is 27.5 Å². The van der Waals surface area contributed by atoms with Crippen molar-refractivity contribution in [1.82, 2.24) is 0 Å². The molecule has 0 saturated heterocycles. The third-order valence-corrected chi connectivity index (χ3v) is 4.74. The van der Waals surface area contributed by atoms with Gasteiger partial charge in [0.1, 0.15) is 0 Å². The molecule has 2 rings (SSSR count). The lowest BCUT2D eigenvalue weighted by atomic mass is 9.81. The van der Waals surface area contributed by atoms with Crippen molar-refractivity contribution in [1.29, 1.82) is 0 Å². The fraction of sp³-hybridized carbons (Fsp3) is 0.538. The largest absolute Gasteiger partial charge is 0.0890 e. The first-order chi connectivity index (χ1) is 7.01. The molecule has 0 radical (unpaired) electrons. The average molecular weight is 288 g/mol. The van der Waals surface area contributed by atoms with Gasteiger partial charge in [0, 0.05) is 9.85 Å². The molecule has 1 aromatic rings. The Kier molecular flexibility index (Phi) is 3.14. The minimum Gasteiger partial charge on any atom is -0.0890 e. The maximum absolute atomic E-state index is 6.18. The van der Waals surface area contributed by atoms with Crippen LogP contribution < -0.4 is 0 Å². The van der Waals surface area contributed by atoms with E-state index in [1.165, 1.54) is 24.8 Å². The molecule has 0 N–H and O–H groups in total. The quantitative estimate of drug-likeness (QED) is 0.648. The number of rotatable bonds is 1. The van der Waals surface area contributed by atoms with Crippen LogP contribution in [0.5, 0.6) is 0 Å². The molecular formula is C13H16BrCl. The standard InChI is InChI=1S/C13H16BrCl/c1-9-3-4-10(7-12(9)15)13(2)6-5-11(14)8-13/h3-4,7,11H,5-6,8H2,1-2H3. The van der Waals surface area contributed by atoms with Gasteiger partial charge in [0.2, 0.25) is 0 Å². The lowest BCUT2D eigenvalue weighted by Gasteiger charge is -2.25. The zero-order chi connectivity index (χ0) is 11.1. The third-order valence-electron chi connectivity index (χ3n) is 3.55. The monoisotopic (exact) mass is 286 g/mol. The highest BCUT2D eigenvalue weighted by atomic mass is 79.9. The summed E-state index contributed by atoms with van der Waals surface area (Å²) in [5.41, 5.74) is 2.86. The van der Waals surface area contributed by atoms with E-state index in [1.54, 1.807) is 0 Å². The SMILES string of the molecule is Cc1ccc(C2(C)CCC(Br)C2)cc1Cl. The van der Waals surface area contributed by atoms with Crippen molar-refractivity contribution in [3.8, 4) is 0 Å². The van der Waals surface area contributed by atoms with Gasteiger partial charge in [-0.2, -0.15) is 0 Å². The molecule has 0 nitrogen and oxygen atoms in total. The molecule has 1 aromatic carbocycles. The van der Waals surface area contributed by atoms with Crippen LogP contribution in [0.15, 0.2) is 18.2 Å². The van der Waals surface area contributed by atoms with E-state index in [0.717, 1.165) is 10.6 Å². The highest BCUT2D eigenvalue weighted by Gasteiger charge is 2.35. The van der Waals surface area contributed by atoms with Gasteiger partial charge in [-0.25, -0.2) is 0 Å². The maximum Gasteiger partial charge on any atom is 0.0438 e. The minimum absolute atomic E-state index is 0.311. The van der Waals surface area contributed by atoms with Crippen LogP contribution in [0.3, 0.4) is 0 Å². The molecule has 0 amide bonds. The van der Waals surface area contributed by atoms with E-state index in [1.807, 2.05) is 0 Å². The van der Waals surface area contributed by atoms with E-state index < -0.39 is 0 Å². The van der Waals surface area contributed by atoms with E-state index >= 15 is 0 Å². The van der Waals surface area contributed by atoms with Crippen molar-refractivity contribution in [3.63, 3.8) is 0 Å². The summed E-state index contributed by atoms with van der Waals surface area (Å²) in [6.45, 7) is 4.39. The van der Waals surface area contributed by atoms with Gasteiger partial charge < -0.3 is 0 Å². The number of benzene rings is 1. The number of hydrogen-bond acceptors (Lipinski definition) is 0. The zero-order valence-corrected chi connectivity index (χ0v) is 11.5. The van der Waals surface area contributed by atoms with Crippen molar-refractivity contribution in [2.75, 3.05) is 0 Å². The Morgan fingerprint density at radius 3 is 2.73 bits per heavy atom. The summed E-state index contributed by atoms with van der Waals surface area (Å²) in [6.07, 6.45) is 3.73. The van der Waals surface area contributed by atoms with Gasteiger partial charge in [0.15, 0.2) is 0 Å². The van der Waals surface area contributed by atoms with E-state index in [-0.39, 0.29) is 0 Å². The summed E-state index contributed by atoms with van der Waals surface area (Å²) in [4.78, 5) is 0.669. The van der Waals surface area contributed by atoms with Crippen molar-refractivity contribution in [3.05, 3.63) is 34.3 Å². The van der Waals surface area contributed by atoms with Crippen LogP contribution in [0.25, 0.3) is 0 Å². The van der Waals surface area contributed by atoms with Gasteiger partial charge in [-0.1, -0.05) is 46.6 Å². The summed E-state index contributed by atoms with van der Waals surface area (Å²) in [6, 6.07) is 6.50. The summed E-state index contributed by atoms with van der Waals surface area (Å²) in [5.74, 6) is 0. The molecule has 1 aliphatic rings. The Labute approximate surface area is 105 Å². The molecule has 0 bridgehead atoms. The normalized spacial score (nSPS) is 30.8. The van der Waals surface area contributed by atoms with Crippen LogP contribution in [0.2, 0.25) is 5.02 Å².